The van der Waals surface area contributed by atoms with Gasteiger partial charge in [0.1, 0.15) is 23.4 Å². The molecular weight excluding hydrogens is 387 g/mol. The third kappa shape index (κ3) is 3.25. The van der Waals surface area contributed by atoms with Crippen LogP contribution in [0.1, 0.15) is 0 Å². The van der Waals surface area contributed by atoms with Crippen molar-refractivity contribution in [3.8, 4) is 5.69 Å². The van der Waals surface area contributed by atoms with E-state index < -0.39 is 20.7 Å². The van der Waals surface area contributed by atoms with Gasteiger partial charge < -0.3 is 0 Å². The summed E-state index contributed by atoms with van der Waals surface area (Å²) in [6.45, 7) is 0. The fourth-order valence-corrected chi connectivity index (χ4v) is 4.16. The number of aromatic nitrogens is 3. The maximum atomic E-state index is 13.8. The molecule has 0 unspecified atom stereocenters. The van der Waals surface area contributed by atoms with Crippen molar-refractivity contribution in [1.29, 1.82) is 0 Å². The Morgan fingerprint density at radius 1 is 1.04 bits per heavy atom. The largest absolute Gasteiger partial charge is 0.288 e. The zero-order chi connectivity index (χ0) is 16.4. The summed E-state index contributed by atoms with van der Waals surface area (Å²) in [7, 11) is -4.04. The van der Waals surface area contributed by atoms with E-state index in [0.29, 0.717) is 5.69 Å². The Hall–Kier alpha value is -2.26. The number of benzene rings is 2. The molecular formula is C14H10BrFN4O2S. The first-order chi connectivity index (χ1) is 11.0. The van der Waals surface area contributed by atoms with Crippen LogP contribution in [-0.2, 0) is 10.0 Å². The minimum Gasteiger partial charge on any atom is -0.288 e. The Balaban J connectivity index is 1.89. The van der Waals surface area contributed by atoms with E-state index in [-0.39, 0.29) is 4.47 Å². The average Bonchev–Trinajstić information content (AvgIpc) is 3.01. The Kier molecular flexibility index (Phi) is 4.14. The molecule has 118 valence electrons. The van der Waals surface area contributed by atoms with Crippen molar-refractivity contribution in [1.82, 2.24) is 14.8 Å². The summed E-state index contributed by atoms with van der Waals surface area (Å²) in [6.07, 6.45) is 3.05. The first kappa shape index (κ1) is 15.6. The average molecular weight is 397 g/mol. The van der Waals surface area contributed by atoms with Gasteiger partial charge in [-0.1, -0.05) is 6.07 Å². The van der Waals surface area contributed by atoms with Gasteiger partial charge in [0.05, 0.1) is 0 Å². The van der Waals surface area contributed by atoms with E-state index in [4.69, 9.17) is 0 Å². The highest BCUT2D eigenvalue weighted by Gasteiger charge is 2.22. The molecule has 0 amide bonds. The van der Waals surface area contributed by atoms with Crippen molar-refractivity contribution in [2.24, 2.45) is 0 Å². The molecule has 3 aromatic rings. The second-order valence-corrected chi connectivity index (χ2v) is 7.05. The third-order valence-electron chi connectivity index (χ3n) is 3.02. The molecule has 0 aliphatic rings. The molecule has 1 aromatic heterocycles. The second-order valence-electron chi connectivity index (χ2n) is 4.57. The van der Waals surface area contributed by atoms with Crippen molar-refractivity contribution in [3.63, 3.8) is 0 Å². The molecule has 6 nitrogen and oxygen atoms in total. The van der Waals surface area contributed by atoms with Crippen LogP contribution in [0.25, 0.3) is 5.69 Å². The lowest BCUT2D eigenvalue weighted by Crippen LogP contribution is -2.15. The summed E-state index contributed by atoms with van der Waals surface area (Å²) in [6, 6.07) is 10.5. The van der Waals surface area contributed by atoms with Crippen LogP contribution in [0.3, 0.4) is 0 Å². The fourth-order valence-electron chi connectivity index (χ4n) is 1.98. The van der Waals surface area contributed by atoms with Crippen molar-refractivity contribution >= 4 is 31.6 Å². The summed E-state index contributed by atoms with van der Waals surface area (Å²) in [5.74, 6) is -0.826. The molecule has 0 fully saturated rings. The number of hydrogen-bond acceptors (Lipinski definition) is 4. The molecule has 0 saturated heterocycles. The molecule has 0 atom stereocenters. The molecule has 0 spiro atoms. The molecule has 0 saturated carbocycles. The van der Waals surface area contributed by atoms with Gasteiger partial charge in [0.15, 0.2) is 0 Å². The van der Waals surface area contributed by atoms with Crippen LogP contribution in [0.2, 0.25) is 0 Å². The highest BCUT2D eigenvalue weighted by molar-refractivity contribution is 9.10. The van der Waals surface area contributed by atoms with Gasteiger partial charge in [0.25, 0.3) is 10.0 Å². The lowest BCUT2D eigenvalue weighted by atomic mass is 10.3. The van der Waals surface area contributed by atoms with Crippen LogP contribution in [0, 0.1) is 5.82 Å². The normalized spacial score (nSPS) is 11.4. The summed E-state index contributed by atoms with van der Waals surface area (Å²) >= 11 is 3.06. The smallest absolute Gasteiger partial charge is 0.265 e. The second kappa shape index (κ2) is 6.09. The van der Waals surface area contributed by atoms with Gasteiger partial charge in [-0.05, 0) is 52.3 Å². The number of hydrogen-bond donors (Lipinski definition) is 1. The molecule has 1 heterocycles. The summed E-state index contributed by atoms with van der Waals surface area (Å²) < 4.78 is 42.7. The van der Waals surface area contributed by atoms with E-state index in [9.17, 15) is 12.8 Å². The maximum absolute atomic E-state index is 13.8. The summed E-state index contributed by atoms with van der Waals surface area (Å²) in [4.78, 5) is -0.428. The zero-order valence-corrected chi connectivity index (χ0v) is 13.9. The van der Waals surface area contributed by atoms with Crippen molar-refractivity contribution in [2.45, 2.75) is 4.90 Å². The van der Waals surface area contributed by atoms with Crippen LogP contribution < -0.4 is 4.72 Å². The Morgan fingerprint density at radius 2 is 1.70 bits per heavy atom. The van der Waals surface area contributed by atoms with Crippen molar-refractivity contribution in [2.75, 3.05) is 4.72 Å². The topological polar surface area (TPSA) is 76.9 Å². The molecule has 2 aromatic carbocycles. The summed E-state index contributed by atoms with van der Waals surface area (Å²) in [5.41, 5.74) is 1.09. The molecule has 1 N–H and O–H groups in total. The predicted octanol–water partition coefficient (Wildman–Crippen LogP) is 2.97. The van der Waals surface area contributed by atoms with Crippen LogP contribution in [0.5, 0.6) is 0 Å². The number of halogens is 2. The van der Waals surface area contributed by atoms with E-state index >= 15 is 0 Å². The third-order valence-corrected chi connectivity index (χ3v) is 5.40. The van der Waals surface area contributed by atoms with E-state index in [2.05, 4.69) is 30.8 Å². The van der Waals surface area contributed by atoms with Crippen LogP contribution in [-0.4, -0.2) is 23.2 Å². The SMILES string of the molecule is O=S(=O)(Nc1ccc(-n2cnnc2)cc1)c1c(F)cccc1Br. The highest BCUT2D eigenvalue weighted by Crippen LogP contribution is 2.27. The van der Waals surface area contributed by atoms with E-state index in [0.717, 1.165) is 11.8 Å². The number of anilines is 1. The maximum Gasteiger partial charge on any atom is 0.265 e. The molecule has 23 heavy (non-hydrogen) atoms. The number of nitrogens with one attached hydrogen (secondary N) is 1. The summed E-state index contributed by atoms with van der Waals surface area (Å²) in [5, 5.41) is 7.39. The Morgan fingerprint density at radius 3 is 2.30 bits per heavy atom. The van der Waals surface area contributed by atoms with Gasteiger partial charge in [-0.2, -0.15) is 0 Å². The predicted molar refractivity (Wildman–Crippen MR) is 86.3 cm³/mol. The van der Waals surface area contributed by atoms with Crippen molar-refractivity contribution < 1.29 is 12.8 Å². The van der Waals surface area contributed by atoms with Crippen LogP contribution >= 0.6 is 15.9 Å². The van der Waals surface area contributed by atoms with E-state index in [1.54, 1.807) is 28.8 Å². The van der Waals surface area contributed by atoms with Gasteiger partial charge in [-0.15, -0.1) is 10.2 Å². The van der Waals surface area contributed by atoms with E-state index in [1.165, 1.54) is 24.8 Å². The molecule has 0 aliphatic heterocycles. The van der Waals surface area contributed by atoms with Gasteiger partial charge >= 0.3 is 0 Å². The van der Waals surface area contributed by atoms with Gasteiger partial charge in [-0.3, -0.25) is 9.29 Å². The van der Waals surface area contributed by atoms with Gasteiger partial charge in [-0.25, -0.2) is 12.8 Å². The standard InChI is InChI=1S/C14H10BrFN4O2S/c15-12-2-1-3-13(16)14(12)23(21,22)19-10-4-6-11(7-5-10)20-8-17-18-9-20/h1-9,19H. The fraction of sp³-hybridized carbons (Fsp3) is 0. The molecule has 3 rings (SSSR count). The molecule has 0 radical (unpaired) electrons. The molecule has 0 bridgehead atoms. The Labute approximate surface area is 140 Å². The van der Waals surface area contributed by atoms with Gasteiger partial charge in [0.2, 0.25) is 0 Å². The molecule has 9 heteroatoms. The van der Waals surface area contributed by atoms with Crippen LogP contribution in [0.4, 0.5) is 10.1 Å². The minimum absolute atomic E-state index is 0.158. The first-order valence-electron chi connectivity index (χ1n) is 6.39. The van der Waals surface area contributed by atoms with Gasteiger partial charge in [0, 0.05) is 15.8 Å². The quantitative estimate of drug-likeness (QED) is 0.735. The Bertz CT molecular complexity index is 908. The number of nitrogens with zero attached hydrogens (tertiary/aromatic N) is 3. The number of sulfonamides is 1. The molecule has 0 aliphatic carbocycles. The lowest BCUT2D eigenvalue weighted by molar-refractivity contribution is 0.568. The first-order valence-corrected chi connectivity index (χ1v) is 8.67. The minimum atomic E-state index is -4.04. The van der Waals surface area contributed by atoms with Crippen molar-refractivity contribution in [3.05, 3.63) is 65.4 Å². The van der Waals surface area contributed by atoms with E-state index in [1.807, 2.05) is 0 Å². The number of rotatable bonds is 4. The highest BCUT2D eigenvalue weighted by atomic mass is 79.9. The zero-order valence-electron chi connectivity index (χ0n) is 11.5. The van der Waals surface area contributed by atoms with Crippen LogP contribution in [0.15, 0.2) is 64.5 Å². The monoisotopic (exact) mass is 396 g/mol. The lowest BCUT2D eigenvalue weighted by Gasteiger charge is -2.11.